The van der Waals surface area contributed by atoms with Crippen molar-refractivity contribution < 1.29 is 9.21 Å². The zero-order chi connectivity index (χ0) is 10.1. The van der Waals surface area contributed by atoms with Crippen molar-refractivity contribution in [2.75, 3.05) is 0 Å². The van der Waals surface area contributed by atoms with E-state index in [4.69, 9.17) is 4.42 Å². The minimum absolute atomic E-state index is 0.0180. The lowest BCUT2D eigenvalue weighted by Crippen LogP contribution is -2.24. The van der Waals surface area contributed by atoms with Gasteiger partial charge in [0.2, 0.25) is 5.91 Å². The third kappa shape index (κ3) is 1.53. The van der Waals surface area contributed by atoms with Gasteiger partial charge in [-0.1, -0.05) is 6.92 Å². The van der Waals surface area contributed by atoms with Gasteiger partial charge >= 0.3 is 0 Å². The Bertz CT molecular complexity index is 346. The number of hydrogen-bond acceptors (Lipinski definition) is 3. The number of nitrogens with one attached hydrogen (secondary N) is 2. The molecule has 1 aliphatic heterocycles. The number of carbonyl (C=O) groups excluding carboxylic acids is 1. The second-order valence-corrected chi connectivity index (χ2v) is 3.49. The van der Waals surface area contributed by atoms with Crippen LogP contribution in [0.2, 0.25) is 0 Å². The Morgan fingerprint density at radius 2 is 2.29 bits per heavy atom. The number of aryl methyl sites for hydroxylation is 1. The van der Waals surface area contributed by atoms with Crippen LogP contribution >= 0.6 is 0 Å². The molecular weight excluding hydrogens is 180 g/mol. The third-order valence-corrected chi connectivity index (χ3v) is 2.41. The van der Waals surface area contributed by atoms with Crippen LogP contribution in [0.15, 0.2) is 16.5 Å². The van der Waals surface area contributed by atoms with Crippen LogP contribution < -0.4 is 10.6 Å². The fourth-order valence-corrected chi connectivity index (χ4v) is 1.53. The first-order valence-corrected chi connectivity index (χ1v) is 4.85. The van der Waals surface area contributed by atoms with Crippen LogP contribution in [-0.4, -0.2) is 11.9 Å². The van der Waals surface area contributed by atoms with Gasteiger partial charge in [0.1, 0.15) is 17.7 Å². The topological polar surface area (TPSA) is 54.3 Å². The van der Waals surface area contributed by atoms with Crippen LogP contribution in [0.25, 0.3) is 0 Å². The standard InChI is InChI=1S/C10H14N2O2/c1-3-7-4-5-8(14-7)9-11-6(2)10(13)12-9/h4-6,9,11H,3H2,1-2H3,(H,12,13). The molecule has 76 valence electrons. The fourth-order valence-electron chi connectivity index (χ4n) is 1.53. The van der Waals surface area contributed by atoms with Crippen molar-refractivity contribution >= 4 is 5.91 Å². The highest BCUT2D eigenvalue weighted by Crippen LogP contribution is 2.18. The van der Waals surface area contributed by atoms with Crippen LogP contribution in [-0.2, 0) is 11.2 Å². The highest BCUT2D eigenvalue weighted by molar-refractivity contribution is 5.83. The molecule has 1 aliphatic rings. The van der Waals surface area contributed by atoms with E-state index in [1.54, 1.807) is 0 Å². The second kappa shape index (κ2) is 3.46. The maximum atomic E-state index is 11.2. The molecule has 1 aromatic heterocycles. The van der Waals surface area contributed by atoms with Crippen molar-refractivity contribution in [1.82, 2.24) is 10.6 Å². The summed E-state index contributed by atoms with van der Waals surface area (Å²) < 4.78 is 5.54. The predicted octanol–water partition coefficient (Wildman–Crippen LogP) is 0.948. The molecule has 1 saturated heterocycles. The number of furan rings is 1. The molecule has 2 rings (SSSR count). The molecule has 2 atom stereocenters. The van der Waals surface area contributed by atoms with Crippen LogP contribution in [0.4, 0.5) is 0 Å². The monoisotopic (exact) mass is 194 g/mol. The van der Waals surface area contributed by atoms with E-state index in [-0.39, 0.29) is 18.1 Å². The molecule has 2 unspecified atom stereocenters. The zero-order valence-corrected chi connectivity index (χ0v) is 8.33. The third-order valence-electron chi connectivity index (χ3n) is 2.41. The molecule has 1 amide bonds. The Morgan fingerprint density at radius 1 is 1.50 bits per heavy atom. The number of amides is 1. The molecule has 0 spiro atoms. The Balaban J connectivity index is 2.13. The summed E-state index contributed by atoms with van der Waals surface area (Å²) in [5.41, 5.74) is 0. The highest BCUT2D eigenvalue weighted by atomic mass is 16.3. The van der Waals surface area contributed by atoms with Gasteiger partial charge in [-0.15, -0.1) is 0 Å². The summed E-state index contributed by atoms with van der Waals surface area (Å²) >= 11 is 0. The van der Waals surface area contributed by atoms with E-state index in [0.717, 1.165) is 17.9 Å². The number of carbonyl (C=O) groups is 1. The van der Waals surface area contributed by atoms with Gasteiger partial charge in [0, 0.05) is 6.42 Å². The van der Waals surface area contributed by atoms with Gasteiger partial charge in [-0.05, 0) is 19.1 Å². The van der Waals surface area contributed by atoms with Gasteiger partial charge in [0.25, 0.3) is 0 Å². The molecule has 0 bridgehead atoms. The van der Waals surface area contributed by atoms with Gasteiger partial charge in [-0.25, -0.2) is 0 Å². The Kier molecular flexibility index (Phi) is 2.29. The minimum atomic E-state index is -0.169. The lowest BCUT2D eigenvalue weighted by molar-refractivity contribution is -0.120. The van der Waals surface area contributed by atoms with Gasteiger partial charge < -0.3 is 9.73 Å². The lowest BCUT2D eigenvalue weighted by Gasteiger charge is -2.06. The molecule has 0 aromatic carbocycles. The summed E-state index contributed by atoms with van der Waals surface area (Å²) in [4.78, 5) is 11.2. The maximum absolute atomic E-state index is 11.2. The van der Waals surface area contributed by atoms with E-state index < -0.39 is 0 Å². The smallest absolute Gasteiger partial charge is 0.238 e. The Morgan fingerprint density at radius 3 is 2.79 bits per heavy atom. The first kappa shape index (κ1) is 9.27. The largest absolute Gasteiger partial charge is 0.462 e. The van der Waals surface area contributed by atoms with Crippen molar-refractivity contribution in [1.29, 1.82) is 0 Å². The molecule has 1 aromatic rings. The molecule has 2 N–H and O–H groups in total. The number of hydrogen-bond donors (Lipinski definition) is 2. The first-order valence-electron chi connectivity index (χ1n) is 4.85. The van der Waals surface area contributed by atoms with Gasteiger partial charge in [-0.3, -0.25) is 10.1 Å². The molecule has 0 radical (unpaired) electrons. The summed E-state index contributed by atoms with van der Waals surface area (Å²) in [5, 5.41) is 5.92. The molecule has 14 heavy (non-hydrogen) atoms. The summed E-state index contributed by atoms with van der Waals surface area (Å²) in [5.74, 6) is 1.74. The molecule has 2 heterocycles. The van der Waals surface area contributed by atoms with Crippen molar-refractivity contribution in [2.45, 2.75) is 32.5 Å². The molecule has 1 fully saturated rings. The highest BCUT2D eigenvalue weighted by Gasteiger charge is 2.30. The van der Waals surface area contributed by atoms with E-state index >= 15 is 0 Å². The molecular formula is C10H14N2O2. The predicted molar refractivity (Wildman–Crippen MR) is 51.6 cm³/mol. The number of rotatable bonds is 2. The molecule has 0 saturated carbocycles. The summed E-state index contributed by atoms with van der Waals surface area (Å²) in [6, 6.07) is 3.69. The maximum Gasteiger partial charge on any atom is 0.238 e. The van der Waals surface area contributed by atoms with Gasteiger partial charge in [0.05, 0.1) is 6.04 Å². The van der Waals surface area contributed by atoms with E-state index in [9.17, 15) is 4.79 Å². The van der Waals surface area contributed by atoms with Crippen molar-refractivity contribution in [2.24, 2.45) is 0 Å². The zero-order valence-electron chi connectivity index (χ0n) is 8.33. The van der Waals surface area contributed by atoms with Crippen molar-refractivity contribution in [3.8, 4) is 0 Å². The second-order valence-electron chi connectivity index (χ2n) is 3.49. The van der Waals surface area contributed by atoms with E-state index in [0.29, 0.717) is 0 Å². The molecule has 0 aliphatic carbocycles. The normalized spacial score (nSPS) is 26.6. The van der Waals surface area contributed by atoms with E-state index in [2.05, 4.69) is 10.6 Å². The average molecular weight is 194 g/mol. The van der Waals surface area contributed by atoms with Crippen LogP contribution in [0.3, 0.4) is 0 Å². The fraction of sp³-hybridized carbons (Fsp3) is 0.500. The first-order chi connectivity index (χ1) is 6.70. The molecule has 4 heteroatoms. The van der Waals surface area contributed by atoms with Crippen LogP contribution in [0, 0.1) is 0 Å². The summed E-state index contributed by atoms with van der Waals surface area (Å²) in [6.07, 6.45) is 0.703. The SMILES string of the molecule is CCc1ccc(C2NC(=O)C(C)N2)o1. The minimum Gasteiger partial charge on any atom is -0.462 e. The van der Waals surface area contributed by atoms with Crippen LogP contribution in [0.1, 0.15) is 31.5 Å². The molecule has 4 nitrogen and oxygen atoms in total. The van der Waals surface area contributed by atoms with Gasteiger partial charge in [-0.2, -0.15) is 0 Å². The Labute approximate surface area is 82.7 Å². The Hall–Kier alpha value is -1.29. The van der Waals surface area contributed by atoms with E-state index in [1.807, 2.05) is 26.0 Å². The van der Waals surface area contributed by atoms with Gasteiger partial charge in [0.15, 0.2) is 0 Å². The van der Waals surface area contributed by atoms with Crippen molar-refractivity contribution in [3.05, 3.63) is 23.7 Å². The van der Waals surface area contributed by atoms with Crippen molar-refractivity contribution in [3.63, 3.8) is 0 Å². The quantitative estimate of drug-likeness (QED) is 0.737. The lowest BCUT2D eigenvalue weighted by atomic mass is 10.3. The summed E-state index contributed by atoms with van der Waals surface area (Å²) in [7, 11) is 0. The van der Waals surface area contributed by atoms with E-state index in [1.165, 1.54) is 0 Å². The van der Waals surface area contributed by atoms with Crippen LogP contribution in [0.5, 0.6) is 0 Å². The average Bonchev–Trinajstić information content (AvgIpc) is 2.74. The summed E-state index contributed by atoms with van der Waals surface area (Å²) in [6.45, 7) is 3.87.